The average molecular weight is 161 g/mol. The number of nitrogens with zero attached hydrogens (tertiary/aromatic N) is 1. The van der Waals surface area contributed by atoms with Crippen LogP contribution in [0.2, 0.25) is 0 Å². The lowest BCUT2D eigenvalue weighted by Gasteiger charge is -1.90. The van der Waals surface area contributed by atoms with Crippen molar-refractivity contribution < 1.29 is 0 Å². The van der Waals surface area contributed by atoms with E-state index in [1.165, 1.54) is 6.92 Å². The van der Waals surface area contributed by atoms with Gasteiger partial charge in [0.15, 0.2) is 5.96 Å². The van der Waals surface area contributed by atoms with Crippen molar-refractivity contribution in [2.45, 2.75) is 14.4 Å². The third-order valence-corrected chi connectivity index (χ3v) is 0.497. The van der Waals surface area contributed by atoms with Crippen LogP contribution in [0.25, 0.3) is 0 Å². The molecule has 0 amide bonds. The Morgan fingerprint density at radius 3 is 1.73 bits per heavy atom. The fourth-order valence-electron chi connectivity index (χ4n) is 0.112. The predicted molar refractivity (Wildman–Crippen MR) is 50.9 cm³/mol. The van der Waals surface area contributed by atoms with Gasteiger partial charge in [0.1, 0.15) is 0 Å². The number of guanidine groups is 1. The Hall–Kier alpha value is -1.26. The zero-order chi connectivity index (χ0) is 8.57. The van der Waals surface area contributed by atoms with E-state index in [0.29, 0.717) is 5.96 Å². The molecule has 0 saturated carbocycles. The number of hydrogen-bond acceptors (Lipinski definition) is 2. The summed E-state index contributed by atoms with van der Waals surface area (Å²) >= 11 is 0. The molecule has 0 aliphatic carbocycles. The van der Waals surface area contributed by atoms with Crippen molar-refractivity contribution in [3.63, 3.8) is 0 Å². The zero-order valence-corrected chi connectivity index (χ0v) is 6.60. The van der Waals surface area contributed by atoms with E-state index in [1.807, 2.05) is 0 Å². The first kappa shape index (κ1) is 16.4. The van der Waals surface area contributed by atoms with E-state index >= 15 is 0 Å². The monoisotopic (exact) mass is 161 g/mol. The highest BCUT2D eigenvalue weighted by molar-refractivity contribution is 5.77. The summed E-state index contributed by atoms with van der Waals surface area (Å²) in [7, 11) is 3.36. The summed E-state index contributed by atoms with van der Waals surface area (Å²) in [5.41, 5.74) is 9.81. The molecule has 0 atom stereocenters. The first-order valence-corrected chi connectivity index (χ1v) is 2.75. The summed E-state index contributed by atoms with van der Waals surface area (Å²) < 4.78 is 0. The molecule has 0 fully saturated rings. The van der Waals surface area contributed by atoms with Crippen LogP contribution in [-0.2, 0) is 0 Å². The molecule has 6 N–H and O–H groups in total. The van der Waals surface area contributed by atoms with Gasteiger partial charge in [0.2, 0.25) is 0 Å². The molecule has 5 heteroatoms. The number of aliphatic imine (C=N–C) groups is 1. The van der Waals surface area contributed by atoms with Gasteiger partial charge in [0.05, 0.1) is 5.84 Å². The fraction of sp³-hybridized carbons (Fsp3) is 0.667. The summed E-state index contributed by atoms with van der Waals surface area (Å²) in [6.45, 7) is 1.53. The van der Waals surface area contributed by atoms with Crippen LogP contribution in [-0.4, -0.2) is 25.9 Å². The Kier molecular flexibility index (Phi) is 17.2. The van der Waals surface area contributed by atoms with Crippen molar-refractivity contribution in [2.24, 2.45) is 16.5 Å². The van der Waals surface area contributed by atoms with Gasteiger partial charge in [-0.1, -0.05) is 7.43 Å². The lowest BCUT2D eigenvalue weighted by Crippen LogP contribution is -2.27. The van der Waals surface area contributed by atoms with Gasteiger partial charge in [-0.25, -0.2) is 0 Å². The smallest absolute Gasteiger partial charge is 0.188 e. The topological polar surface area (TPSA) is 100 Å². The molecule has 0 heterocycles. The third-order valence-electron chi connectivity index (χ3n) is 0.497. The predicted octanol–water partition coefficient (Wildman–Crippen LogP) is -0.271. The molecule has 0 unspecified atom stereocenters. The second-order valence-electron chi connectivity index (χ2n) is 1.54. The minimum absolute atomic E-state index is 0. The molecule has 0 spiro atoms. The highest BCUT2D eigenvalue weighted by atomic mass is 15.1. The summed E-state index contributed by atoms with van der Waals surface area (Å²) in [6, 6.07) is 0. The zero-order valence-electron chi connectivity index (χ0n) is 6.60. The van der Waals surface area contributed by atoms with E-state index in [4.69, 9.17) is 16.9 Å². The second-order valence-corrected chi connectivity index (χ2v) is 1.54. The van der Waals surface area contributed by atoms with Crippen molar-refractivity contribution in [1.29, 1.82) is 5.41 Å². The van der Waals surface area contributed by atoms with Crippen molar-refractivity contribution in [1.82, 2.24) is 5.32 Å². The van der Waals surface area contributed by atoms with E-state index in [9.17, 15) is 0 Å². The molecule has 0 aliphatic rings. The van der Waals surface area contributed by atoms with Gasteiger partial charge in [0, 0.05) is 14.1 Å². The van der Waals surface area contributed by atoms with E-state index in [0.717, 1.165) is 0 Å². The van der Waals surface area contributed by atoms with Gasteiger partial charge >= 0.3 is 0 Å². The molecule has 0 radical (unpaired) electrons. The van der Waals surface area contributed by atoms with Crippen molar-refractivity contribution >= 4 is 11.8 Å². The van der Waals surface area contributed by atoms with Crippen LogP contribution < -0.4 is 16.8 Å². The molecule has 5 nitrogen and oxygen atoms in total. The van der Waals surface area contributed by atoms with Crippen LogP contribution in [0.5, 0.6) is 0 Å². The van der Waals surface area contributed by atoms with Gasteiger partial charge in [-0.2, -0.15) is 0 Å². The lowest BCUT2D eigenvalue weighted by atomic mass is 10.8. The van der Waals surface area contributed by atoms with Crippen LogP contribution in [0.15, 0.2) is 4.99 Å². The number of nitrogens with one attached hydrogen (secondary N) is 2. The summed E-state index contributed by atoms with van der Waals surface area (Å²) in [5.74, 6) is 0.634. The van der Waals surface area contributed by atoms with Crippen LogP contribution >= 0.6 is 0 Å². The van der Waals surface area contributed by atoms with Crippen LogP contribution in [0.1, 0.15) is 14.4 Å². The van der Waals surface area contributed by atoms with E-state index in [1.54, 1.807) is 14.1 Å². The number of hydrogen-bond donors (Lipinski definition) is 4. The Morgan fingerprint density at radius 2 is 1.73 bits per heavy atom. The molecule has 0 rings (SSSR count). The highest BCUT2D eigenvalue weighted by Crippen LogP contribution is 1.48. The van der Waals surface area contributed by atoms with Crippen molar-refractivity contribution in [2.75, 3.05) is 14.1 Å². The van der Waals surface area contributed by atoms with Gasteiger partial charge in [-0.05, 0) is 6.92 Å². The maximum Gasteiger partial charge on any atom is 0.188 e. The Bertz CT molecular complexity index is 114. The number of amidine groups is 1. The Labute approximate surface area is 68.4 Å². The summed E-state index contributed by atoms with van der Waals surface area (Å²) in [4.78, 5) is 3.59. The highest BCUT2D eigenvalue weighted by Gasteiger charge is 1.71. The molecule has 0 aromatic rings. The molecular weight excluding hydrogens is 142 g/mol. The van der Waals surface area contributed by atoms with Gasteiger partial charge in [-0.3, -0.25) is 10.4 Å². The van der Waals surface area contributed by atoms with Gasteiger partial charge < -0.3 is 16.8 Å². The molecule has 0 bridgehead atoms. The van der Waals surface area contributed by atoms with Crippen molar-refractivity contribution in [3.8, 4) is 0 Å². The van der Waals surface area contributed by atoms with Crippen LogP contribution in [0.3, 0.4) is 0 Å². The second kappa shape index (κ2) is 11.5. The minimum Gasteiger partial charge on any atom is -0.388 e. The van der Waals surface area contributed by atoms with E-state index in [-0.39, 0.29) is 13.3 Å². The quantitative estimate of drug-likeness (QED) is 0.290. The first-order chi connectivity index (χ1) is 4.54. The van der Waals surface area contributed by atoms with Gasteiger partial charge in [-0.15, -0.1) is 0 Å². The Balaban J connectivity index is -0.000000114. The average Bonchev–Trinajstić information content (AvgIpc) is 1.85. The maximum atomic E-state index is 6.28. The minimum atomic E-state index is 0. The summed E-state index contributed by atoms with van der Waals surface area (Å²) in [6.07, 6.45) is 0. The molecule has 0 aromatic heterocycles. The third kappa shape index (κ3) is 52.9. The molecular formula is C6H19N5. The first-order valence-electron chi connectivity index (χ1n) is 2.75. The van der Waals surface area contributed by atoms with E-state index < -0.39 is 0 Å². The molecule has 0 aliphatic heterocycles. The molecule has 11 heavy (non-hydrogen) atoms. The Morgan fingerprint density at radius 1 is 1.45 bits per heavy atom. The van der Waals surface area contributed by atoms with Crippen molar-refractivity contribution in [3.05, 3.63) is 0 Å². The lowest BCUT2D eigenvalue weighted by molar-refractivity contribution is 1.12. The molecule has 0 saturated heterocycles. The number of nitrogens with two attached hydrogens (primary N) is 2. The standard InChI is InChI=1S/C3H9N3.C2H6N2.CH4/c1-5-3(4)6-2;1-2(3)4;/h1-2H3,(H3,4,5,6);1H3,(H3,3,4);1H4. The fourth-order valence-corrected chi connectivity index (χ4v) is 0.112. The normalized spacial score (nSPS) is 8.45. The van der Waals surface area contributed by atoms with Crippen LogP contribution in [0, 0.1) is 5.41 Å². The SMILES string of the molecule is C.CC(=N)N.CN=C(N)NC. The molecule has 0 aromatic carbocycles. The largest absolute Gasteiger partial charge is 0.388 e. The maximum absolute atomic E-state index is 6.28. The molecule has 68 valence electrons. The number of rotatable bonds is 0. The van der Waals surface area contributed by atoms with Gasteiger partial charge in [0.25, 0.3) is 0 Å². The summed E-state index contributed by atoms with van der Waals surface area (Å²) in [5, 5.41) is 8.92. The van der Waals surface area contributed by atoms with E-state index in [2.05, 4.69) is 10.3 Å². The van der Waals surface area contributed by atoms with Crippen LogP contribution in [0.4, 0.5) is 0 Å².